The van der Waals surface area contributed by atoms with Crippen LogP contribution in [-0.4, -0.2) is 5.16 Å². The number of rotatable bonds is 1. The van der Waals surface area contributed by atoms with Crippen LogP contribution in [-0.2, 0) is 0 Å². The molecule has 1 aromatic rings. The second kappa shape index (κ2) is 4.22. The monoisotopic (exact) mass is 214 g/mol. The maximum Gasteiger partial charge on any atom is 0.186 e. The first-order valence-corrected chi connectivity index (χ1v) is 5.57. The predicted molar refractivity (Wildman–Crippen MR) is 56.4 cm³/mol. The lowest BCUT2D eigenvalue weighted by Gasteiger charge is -2.09. The molecule has 4 heteroatoms. The third-order valence-electron chi connectivity index (χ3n) is 2.91. The Bertz CT molecular complexity index is 303. The van der Waals surface area contributed by atoms with Gasteiger partial charge in [-0.15, -0.1) is 0 Å². The van der Waals surface area contributed by atoms with E-state index in [9.17, 15) is 0 Å². The Kier molecular flexibility index (Phi) is 2.96. The summed E-state index contributed by atoms with van der Waals surface area (Å²) in [5, 5.41) is 4.22. The van der Waals surface area contributed by atoms with Crippen LogP contribution < -0.4 is 5.73 Å². The molecule has 2 N–H and O–H groups in total. The molecular weight excluding hydrogens is 200 g/mol. The second-order valence-corrected chi connectivity index (χ2v) is 4.31. The molecule has 0 spiro atoms. The molecule has 0 aromatic carbocycles. The lowest BCUT2D eigenvalue weighted by molar-refractivity contribution is 0.349. The zero-order valence-electron chi connectivity index (χ0n) is 8.13. The van der Waals surface area contributed by atoms with Gasteiger partial charge in [0.25, 0.3) is 0 Å². The van der Waals surface area contributed by atoms with Gasteiger partial charge in [-0.3, -0.25) is 0 Å². The van der Waals surface area contributed by atoms with E-state index in [0.717, 1.165) is 18.6 Å². The zero-order valence-corrected chi connectivity index (χ0v) is 8.89. The third kappa shape index (κ3) is 1.87. The SMILES string of the molecule is Nc1noc(C2CCCCCC2)c1Cl. The average Bonchev–Trinajstić information content (AvgIpc) is 2.47. The fourth-order valence-electron chi connectivity index (χ4n) is 2.10. The Morgan fingerprint density at radius 1 is 1.21 bits per heavy atom. The van der Waals surface area contributed by atoms with Gasteiger partial charge in [-0.25, -0.2) is 0 Å². The van der Waals surface area contributed by atoms with Gasteiger partial charge in [0.05, 0.1) is 0 Å². The van der Waals surface area contributed by atoms with Gasteiger partial charge in [0.1, 0.15) is 5.02 Å². The lowest BCUT2D eigenvalue weighted by Crippen LogP contribution is -1.96. The van der Waals surface area contributed by atoms with Crippen LogP contribution in [0.1, 0.15) is 50.2 Å². The summed E-state index contributed by atoms with van der Waals surface area (Å²) in [4.78, 5) is 0. The van der Waals surface area contributed by atoms with E-state index in [2.05, 4.69) is 5.16 Å². The largest absolute Gasteiger partial charge is 0.380 e. The molecule has 3 nitrogen and oxygen atoms in total. The number of nitrogen functional groups attached to an aromatic ring is 1. The zero-order chi connectivity index (χ0) is 9.97. The normalized spacial score (nSPS) is 19.5. The van der Waals surface area contributed by atoms with Crippen molar-refractivity contribution in [1.82, 2.24) is 5.16 Å². The van der Waals surface area contributed by atoms with E-state index in [0.29, 0.717) is 16.8 Å². The van der Waals surface area contributed by atoms with Crippen LogP contribution in [0.5, 0.6) is 0 Å². The molecule has 0 bridgehead atoms. The van der Waals surface area contributed by atoms with Crippen LogP contribution in [0.2, 0.25) is 5.02 Å². The first-order valence-electron chi connectivity index (χ1n) is 5.19. The number of anilines is 1. The topological polar surface area (TPSA) is 52.0 Å². The number of hydrogen-bond donors (Lipinski definition) is 1. The van der Waals surface area contributed by atoms with Gasteiger partial charge in [-0.1, -0.05) is 42.4 Å². The molecule has 2 rings (SSSR count). The van der Waals surface area contributed by atoms with Crippen molar-refractivity contribution in [3.63, 3.8) is 0 Å². The quantitative estimate of drug-likeness (QED) is 0.730. The van der Waals surface area contributed by atoms with Gasteiger partial charge in [0.2, 0.25) is 0 Å². The average molecular weight is 215 g/mol. The molecule has 1 heterocycles. The van der Waals surface area contributed by atoms with Gasteiger partial charge in [-0.05, 0) is 12.8 Å². The standard InChI is InChI=1S/C10H15ClN2O/c11-8-9(14-13-10(8)12)7-5-3-1-2-4-6-7/h7H,1-6H2,(H2,12,13). The summed E-state index contributed by atoms with van der Waals surface area (Å²) in [5.74, 6) is 1.55. The van der Waals surface area contributed by atoms with Crippen LogP contribution in [0, 0.1) is 0 Å². The van der Waals surface area contributed by atoms with Gasteiger partial charge < -0.3 is 10.3 Å². The van der Waals surface area contributed by atoms with E-state index < -0.39 is 0 Å². The highest BCUT2D eigenvalue weighted by molar-refractivity contribution is 6.33. The van der Waals surface area contributed by atoms with Crippen molar-refractivity contribution >= 4 is 17.4 Å². The fourth-order valence-corrected chi connectivity index (χ4v) is 2.32. The van der Waals surface area contributed by atoms with E-state index in [1.807, 2.05) is 0 Å². The molecular formula is C10H15ClN2O. The fraction of sp³-hybridized carbons (Fsp3) is 0.700. The van der Waals surface area contributed by atoms with Crippen molar-refractivity contribution in [2.45, 2.75) is 44.4 Å². The molecule has 14 heavy (non-hydrogen) atoms. The highest BCUT2D eigenvalue weighted by atomic mass is 35.5. The maximum atomic E-state index is 6.01. The number of aromatic nitrogens is 1. The second-order valence-electron chi connectivity index (χ2n) is 3.93. The molecule has 0 atom stereocenters. The minimum absolute atomic E-state index is 0.325. The number of hydrogen-bond acceptors (Lipinski definition) is 3. The molecule has 1 aromatic heterocycles. The van der Waals surface area contributed by atoms with Crippen molar-refractivity contribution in [2.24, 2.45) is 0 Å². The molecule has 1 fully saturated rings. The maximum absolute atomic E-state index is 6.01. The third-order valence-corrected chi connectivity index (χ3v) is 3.29. The van der Waals surface area contributed by atoms with E-state index in [4.69, 9.17) is 21.9 Å². The number of nitrogens with two attached hydrogens (primary N) is 1. The van der Waals surface area contributed by atoms with Crippen molar-refractivity contribution in [3.05, 3.63) is 10.8 Å². The first-order chi connectivity index (χ1) is 6.79. The van der Waals surface area contributed by atoms with Crippen LogP contribution in [0.3, 0.4) is 0 Å². The summed E-state index contributed by atoms with van der Waals surface area (Å²) in [5.41, 5.74) is 5.55. The summed E-state index contributed by atoms with van der Waals surface area (Å²) < 4.78 is 5.18. The molecule has 1 aliphatic rings. The van der Waals surface area contributed by atoms with Crippen LogP contribution in [0.25, 0.3) is 0 Å². The predicted octanol–water partition coefficient (Wildman–Crippen LogP) is 3.35. The minimum Gasteiger partial charge on any atom is -0.380 e. The minimum atomic E-state index is 0.325. The van der Waals surface area contributed by atoms with Crippen molar-refractivity contribution < 1.29 is 4.52 Å². The summed E-state index contributed by atoms with van der Waals surface area (Å²) in [6.45, 7) is 0. The van der Waals surface area contributed by atoms with E-state index in [1.54, 1.807) is 0 Å². The Morgan fingerprint density at radius 2 is 1.86 bits per heavy atom. The van der Waals surface area contributed by atoms with Crippen LogP contribution in [0.4, 0.5) is 5.82 Å². The van der Waals surface area contributed by atoms with Gasteiger partial charge in [-0.2, -0.15) is 0 Å². The Hall–Kier alpha value is -0.700. The summed E-state index contributed by atoms with van der Waals surface area (Å²) >= 11 is 6.01. The molecule has 0 unspecified atom stereocenters. The van der Waals surface area contributed by atoms with E-state index in [-0.39, 0.29) is 0 Å². The summed E-state index contributed by atoms with van der Waals surface area (Å²) in [6, 6.07) is 0. The van der Waals surface area contributed by atoms with Crippen LogP contribution >= 0.6 is 11.6 Å². The Balaban J connectivity index is 2.16. The smallest absolute Gasteiger partial charge is 0.186 e. The highest BCUT2D eigenvalue weighted by Crippen LogP contribution is 2.37. The van der Waals surface area contributed by atoms with Gasteiger partial charge in [0, 0.05) is 5.92 Å². The number of nitrogens with zero attached hydrogens (tertiary/aromatic N) is 1. The molecule has 0 radical (unpaired) electrons. The van der Waals surface area contributed by atoms with Crippen LogP contribution in [0.15, 0.2) is 4.52 Å². The molecule has 0 amide bonds. The number of halogens is 1. The van der Waals surface area contributed by atoms with Crippen molar-refractivity contribution in [1.29, 1.82) is 0 Å². The van der Waals surface area contributed by atoms with Gasteiger partial charge in [0.15, 0.2) is 11.6 Å². The van der Waals surface area contributed by atoms with Crippen molar-refractivity contribution in [2.75, 3.05) is 5.73 Å². The molecule has 1 aliphatic carbocycles. The summed E-state index contributed by atoms with van der Waals surface area (Å²) in [6.07, 6.45) is 7.43. The molecule has 1 saturated carbocycles. The lowest BCUT2D eigenvalue weighted by atomic mass is 9.97. The van der Waals surface area contributed by atoms with Gasteiger partial charge >= 0.3 is 0 Å². The van der Waals surface area contributed by atoms with E-state index >= 15 is 0 Å². The molecule has 78 valence electrons. The van der Waals surface area contributed by atoms with E-state index in [1.165, 1.54) is 25.7 Å². The Morgan fingerprint density at radius 3 is 2.36 bits per heavy atom. The molecule has 0 aliphatic heterocycles. The summed E-state index contributed by atoms with van der Waals surface area (Å²) in [7, 11) is 0. The molecule has 0 saturated heterocycles. The first kappa shape index (κ1) is 9.84. The Labute approximate surface area is 88.6 Å². The highest BCUT2D eigenvalue weighted by Gasteiger charge is 2.22. The van der Waals surface area contributed by atoms with Crippen molar-refractivity contribution in [3.8, 4) is 0 Å².